The second kappa shape index (κ2) is 4.61. The van der Waals surface area contributed by atoms with Crippen molar-refractivity contribution < 1.29 is 4.79 Å². The van der Waals surface area contributed by atoms with E-state index in [2.05, 4.69) is 6.92 Å². The topological polar surface area (TPSA) is 23.6 Å². The number of hydrogen-bond donors (Lipinski definition) is 0. The third kappa shape index (κ3) is 2.69. The molecule has 0 N–H and O–H groups in total. The molecular formula is C10H20N2O. The fourth-order valence-electron chi connectivity index (χ4n) is 1.84. The highest BCUT2D eigenvalue weighted by atomic mass is 16.2. The minimum absolute atomic E-state index is 0.283. The fourth-order valence-corrected chi connectivity index (χ4v) is 1.84. The Balaban J connectivity index is 2.36. The SMILES string of the molecule is CCCCC1CC(=O)N(N(C)C)C1. The molecule has 0 spiro atoms. The van der Waals surface area contributed by atoms with Crippen molar-refractivity contribution in [3.05, 3.63) is 0 Å². The van der Waals surface area contributed by atoms with Crippen LogP contribution in [0.25, 0.3) is 0 Å². The van der Waals surface area contributed by atoms with E-state index in [1.807, 2.05) is 24.1 Å². The van der Waals surface area contributed by atoms with Crippen LogP contribution in [0.15, 0.2) is 0 Å². The van der Waals surface area contributed by atoms with Gasteiger partial charge in [-0.05, 0) is 12.3 Å². The van der Waals surface area contributed by atoms with Gasteiger partial charge in [0, 0.05) is 27.1 Å². The summed E-state index contributed by atoms with van der Waals surface area (Å²) in [5.74, 6) is 0.876. The highest BCUT2D eigenvalue weighted by molar-refractivity contribution is 5.78. The molecule has 1 heterocycles. The van der Waals surface area contributed by atoms with Crippen LogP contribution in [0.5, 0.6) is 0 Å². The average molecular weight is 184 g/mol. The Kier molecular flexibility index (Phi) is 3.72. The zero-order valence-corrected chi connectivity index (χ0v) is 8.92. The van der Waals surface area contributed by atoms with Crippen LogP contribution in [-0.4, -0.2) is 36.6 Å². The predicted molar refractivity (Wildman–Crippen MR) is 53.0 cm³/mol. The van der Waals surface area contributed by atoms with Gasteiger partial charge in [-0.15, -0.1) is 0 Å². The van der Waals surface area contributed by atoms with Crippen LogP contribution in [0.3, 0.4) is 0 Å². The van der Waals surface area contributed by atoms with Gasteiger partial charge in [-0.25, -0.2) is 5.01 Å². The summed E-state index contributed by atoms with van der Waals surface area (Å²) in [6.07, 6.45) is 4.43. The van der Waals surface area contributed by atoms with Gasteiger partial charge in [0.2, 0.25) is 5.91 Å². The maximum absolute atomic E-state index is 11.5. The monoisotopic (exact) mass is 184 g/mol. The van der Waals surface area contributed by atoms with Crippen LogP contribution in [-0.2, 0) is 4.79 Å². The van der Waals surface area contributed by atoms with E-state index in [9.17, 15) is 4.79 Å². The lowest BCUT2D eigenvalue weighted by Crippen LogP contribution is -2.37. The third-order valence-electron chi connectivity index (χ3n) is 2.63. The molecule has 0 aromatic rings. The average Bonchev–Trinajstić information content (AvgIpc) is 2.43. The molecule has 76 valence electrons. The Hall–Kier alpha value is -0.570. The Bertz CT molecular complexity index is 180. The number of nitrogens with zero attached hydrogens (tertiary/aromatic N) is 2. The summed E-state index contributed by atoms with van der Waals surface area (Å²) in [7, 11) is 3.86. The molecular weight excluding hydrogens is 164 g/mol. The number of unbranched alkanes of at least 4 members (excludes halogenated alkanes) is 1. The number of amides is 1. The molecule has 1 rings (SSSR count). The first-order chi connectivity index (χ1) is 6.15. The van der Waals surface area contributed by atoms with Gasteiger partial charge in [0.1, 0.15) is 0 Å². The van der Waals surface area contributed by atoms with Gasteiger partial charge in [0.25, 0.3) is 0 Å². The van der Waals surface area contributed by atoms with Gasteiger partial charge in [-0.3, -0.25) is 9.80 Å². The number of hydrazine groups is 1. The molecule has 0 aromatic heterocycles. The van der Waals surface area contributed by atoms with E-state index < -0.39 is 0 Å². The van der Waals surface area contributed by atoms with E-state index in [0.717, 1.165) is 13.0 Å². The Morgan fingerprint density at radius 2 is 2.23 bits per heavy atom. The summed E-state index contributed by atoms with van der Waals surface area (Å²) >= 11 is 0. The lowest BCUT2D eigenvalue weighted by Gasteiger charge is -2.23. The number of carbonyl (C=O) groups excluding carboxylic acids is 1. The molecule has 1 aliphatic heterocycles. The molecule has 1 saturated heterocycles. The van der Waals surface area contributed by atoms with Gasteiger partial charge >= 0.3 is 0 Å². The van der Waals surface area contributed by atoms with Gasteiger partial charge in [-0.2, -0.15) is 0 Å². The van der Waals surface area contributed by atoms with Crippen molar-refractivity contribution in [3.63, 3.8) is 0 Å². The number of rotatable bonds is 4. The zero-order chi connectivity index (χ0) is 9.84. The van der Waals surface area contributed by atoms with E-state index in [4.69, 9.17) is 0 Å². The van der Waals surface area contributed by atoms with Crippen molar-refractivity contribution in [2.75, 3.05) is 20.6 Å². The summed E-state index contributed by atoms with van der Waals surface area (Å²) in [6, 6.07) is 0. The molecule has 0 bridgehead atoms. The van der Waals surface area contributed by atoms with Crippen LogP contribution in [0, 0.1) is 5.92 Å². The Morgan fingerprint density at radius 1 is 1.54 bits per heavy atom. The molecule has 0 aliphatic carbocycles. The van der Waals surface area contributed by atoms with Crippen molar-refractivity contribution >= 4 is 5.91 Å². The maximum Gasteiger partial charge on any atom is 0.237 e. The highest BCUT2D eigenvalue weighted by Gasteiger charge is 2.30. The first-order valence-corrected chi connectivity index (χ1v) is 5.12. The van der Waals surface area contributed by atoms with E-state index in [1.165, 1.54) is 19.3 Å². The van der Waals surface area contributed by atoms with Crippen molar-refractivity contribution in [1.82, 2.24) is 10.0 Å². The summed E-state index contributed by atoms with van der Waals surface area (Å²) in [4.78, 5) is 11.5. The molecule has 1 unspecified atom stereocenters. The molecule has 1 atom stereocenters. The summed E-state index contributed by atoms with van der Waals surface area (Å²) in [6.45, 7) is 3.12. The minimum atomic E-state index is 0.283. The molecule has 13 heavy (non-hydrogen) atoms. The van der Waals surface area contributed by atoms with Gasteiger partial charge in [0.15, 0.2) is 0 Å². The Morgan fingerprint density at radius 3 is 2.69 bits per heavy atom. The van der Waals surface area contributed by atoms with Gasteiger partial charge in [0.05, 0.1) is 0 Å². The highest BCUT2D eigenvalue weighted by Crippen LogP contribution is 2.22. The van der Waals surface area contributed by atoms with E-state index in [0.29, 0.717) is 5.92 Å². The molecule has 0 saturated carbocycles. The van der Waals surface area contributed by atoms with Gasteiger partial charge < -0.3 is 0 Å². The largest absolute Gasteiger partial charge is 0.276 e. The van der Waals surface area contributed by atoms with Crippen LogP contribution in [0.1, 0.15) is 32.6 Å². The molecule has 1 amide bonds. The van der Waals surface area contributed by atoms with Crippen molar-refractivity contribution in [2.45, 2.75) is 32.6 Å². The molecule has 1 aliphatic rings. The quantitative estimate of drug-likeness (QED) is 0.661. The second-order valence-electron chi connectivity index (χ2n) is 4.04. The van der Waals surface area contributed by atoms with Gasteiger partial charge in [-0.1, -0.05) is 19.8 Å². The third-order valence-corrected chi connectivity index (χ3v) is 2.63. The maximum atomic E-state index is 11.5. The Labute approximate surface area is 80.7 Å². The fraction of sp³-hybridized carbons (Fsp3) is 0.900. The van der Waals surface area contributed by atoms with E-state index in [1.54, 1.807) is 0 Å². The molecule has 1 fully saturated rings. The smallest absolute Gasteiger partial charge is 0.237 e. The zero-order valence-electron chi connectivity index (χ0n) is 8.92. The van der Waals surface area contributed by atoms with Crippen molar-refractivity contribution in [3.8, 4) is 0 Å². The standard InChI is InChI=1S/C10H20N2O/c1-4-5-6-9-7-10(13)12(8-9)11(2)3/h9H,4-8H2,1-3H3. The molecule has 0 aromatic carbocycles. The normalized spacial score (nSPS) is 23.2. The van der Waals surface area contributed by atoms with Crippen LogP contribution >= 0.6 is 0 Å². The first kappa shape index (κ1) is 10.5. The number of hydrogen-bond acceptors (Lipinski definition) is 2. The van der Waals surface area contributed by atoms with Crippen molar-refractivity contribution in [2.24, 2.45) is 5.92 Å². The van der Waals surface area contributed by atoms with E-state index in [-0.39, 0.29) is 5.91 Å². The second-order valence-corrected chi connectivity index (χ2v) is 4.04. The first-order valence-electron chi connectivity index (χ1n) is 5.12. The van der Waals surface area contributed by atoms with Crippen LogP contribution in [0.2, 0.25) is 0 Å². The predicted octanol–water partition coefficient (Wildman–Crippen LogP) is 1.50. The minimum Gasteiger partial charge on any atom is -0.276 e. The lowest BCUT2D eigenvalue weighted by molar-refractivity contribution is -0.139. The molecule has 3 nitrogen and oxygen atoms in total. The summed E-state index contributed by atoms with van der Waals surface area (Å²) in [5, 5.41) is 3.74. The summed E-state index contributed by atoms with van der Waals surface area (Å²) < 4.78 is 0. The number of carbonyl (C=O) groups is 1. The van der Waals surface area contributed by atoms with Crippen LogP contribution < -0.4 is 0 Å². The van der Waals surface area contributed by atoms with Crippen molar-refractivity contribution in [1.29, 1.82) is 0 Å². The molecule has 0 radical (unpaired) electrons. The van der Waals surface area contributed by atoms with Crippen LogP contribution in [0.4, 0.5) is 0 Å². The lowest BCUT2D eigenvalue weighted by atomic mass is 10.0. The molecule has 3 heteroatoms. The van der Waals surface area contributed by atoms with E-state index >= 15 is 0 Å². The summed E-state index contributed by atoms with van der Waals surface area (Å²) in [5.41, 5.74) is 0.